The van der Waals surface area contributed by atoms with Crippen molar-refractivity contribution >= 4 is 0 Å². The molecule has 1 saturated heterocycles. The smallest absolute Gasteiger partial charge is 0.146 e. The van der Waals surface area contributed by atoms with Crippen molar-refractivity contribution < 1.29 is 9.13 Å². The molecule has 2 heterocycles. The number of nitrogens with zero attached hydrogens (tertiary/aromatic N) is 1. The van der Waals surface area contributed by atoms with Crippen molar-refractivity contribution in [2.24, 2.45) is 11.8 Å². The predicted molar refractivity (Wildman–Crippen MR) is 57.8 cm³/mol. The van der Waals surface area contributed by atoms with Crippen molar-refractivity contribution in [1.82, 2.24) is 10.4 Å². The number of nitrogens with two attached hydrogens (primary N) is 1. The van der Waals surface area contributed by atoms with Gasteiger partial charge in [0.05, 0.1) is 18.8 Å². The fraction of sp³-hybridized carbons (Fsp3) is 0.545. The molecule has 88 valence electrons. The van der Waals surface area contributed by atoms with Crippen LogP contribution in [0.2, 0.25) is 0 Å². The van der Waals surface area contributed by atoms with Crippen LogP contribution in [-0.4, -0.2) is 18.2 Å². The summed E-state index contributed by atoms with van der Waals surface area (Å²) in [7, 11) is 0. The van der Waals surface area contributed by atoms with Crippen molar-refractivity contribution in [3.8, 4) is 0 Å². The van der Waals surface area contributed by atoms with Crippen LogP contribution in [0, 0.1) is 11.7 Å². The fourth-order valence-corrected chi connectivity index (χ4v) is 2.15. The maximum absolute atomic E-state index is 13.6. The normalized spacial score (nSPS) is 23.0. The molecule has 4 nitrogen and oxygen atoms in total. The second-order valence-electron chi connectivity index (χ2n) is 4.02. The van der Waals surface area contributed by atoms with E-state index in [4.69, 9.17) is 10.6 Å². The SMILES string of the molecule is NNC(c1ccncc1F)C1CCCOC1. The molecular formula is C11H16FN3O. The first-order valence-electron chi connectivity index (χ1n) is 5.46. The van der Waals surface area contributed by atoms with Crippen LogP contribution in [0.4, 0.5) is 4.39 Å². The zero-order chi connectivity index (χ0) is 11.4. The van der Waals surface area contributed by atoms with Gasteiger partial charge in [0.25, 0.3) is 0 Å². The molecule has 1 aliphatic heterocycles. The second kappa shape index (κ2) is 5.34. The lowest BCUT2D eigenvalue weighted by molar-refractivity contribution is 0.0384. The highest BCUT2D eigenvalue weighted by atomic mass is 19.1. The van der Waals surface area contributed by atoms with Gasteiger partial charge < -0.3 is 4.74 Å². The first kappa shape index (κ1) is 11.4. The van der Waals surface area contributed by atoms with E-state index in [1.807, 2.05) is 0 Å². The Balaban J connectivity index is 2.18. The third-order valence-corrected chi connectivity index (χ3v) is 2.99. The number of pyridine rings is 1. The largest absolute Gasteiger partial charge is 0.381 e. The van der Waals surface area contributed by atoms with E-state index in [0.717, 1.165) is 19.4 Å². The second-order valence-corrected chi connectivity index (χ2v) is 4.02. The van der Waals surface area contributed by atoms with Gasteiger partial charge in [0.15, 0.2) is 0 Å². The first-order chi connectivity index (χ1) is 7.83. The van der Waals surface area contributed by atoms with Crippen LogP contribution in [0.25, 0.3) is 0 Å². The maximum Gasteiger partial charge on any atom is 0.146 e. The predicted octanol–water partition coefficient (Wildman–Crippen LogP) is 1.15. The van der Waals surface area contributed by atoms with Crippen molar-refractivity contribution in [1.29, 1.82) is 0 Å². The van der Waals surface area contributed by atoms with E-state index in [1.54, 1.807) is 12.3 Å². The monoisotopic (exact) mass is 225 g/mol. The Labute approximate surface area is 94.0 Å². The molecular weight excluding hydrogens is 209 g/mol. The summed E-state index contributed by atoms with van der Waals surface area (Å²) >= 11 is 0. The van der Waals surface area contributed by atoms with Gasteiger partial charge in [0.1, 0.15) is 5.82 Å². The van der Waals surface area contributed by atoms with E-state index >= 15 is 0 Å². The topological polar surface area (TPSA) is 60.2 Å². The molecule has 16 heavy (non-hydrogen) atoms. The van der Waals surface area contributed by atoms with E-state index in [1.165, 1.54) is 6.20 Å². The molecule has 2 atom stereocenters. The summed E-state index contributed by atoms with van der Waals surface area (Å²) in [5.74, 6) is 5.41. The lowest BCUT2D eigenvalue weighted by atomic mass is 9.89. The average Bonchev–Trinajstić information content (AvgIpc) is 2.34. The number of hydrogen-bond donors (Lipinski definition) is 2. The third kappa shape index (κ3) is 2.37. The van der Waals surface area contributed by atoms with E-state index in [9.17, 15) is 4.39 Å². The van der Waals surface area contributed by atoms with Crippen LogP contribution >= 0.6 is 0 Å². The summed E-state index contributed by atoms with van der Waals surface area (Å²) in [5, 5.41) is 0. The number of aromatic nitrogens is 1. The van der Waals surface area contributed by atoms with Gasteiger partial charge in [-0.1, -0.05) is 0 Å². The molecule has 0 saturated carbocycles. The van der Waals surface area contributed by atoms with Crippen molar-refractivity contribution in [2.45, 2.75) is 18.9 Å². The van der Waals surface area contributed by atoms with E-state index in [-0.39, 0.29) is 17.8 Å². The van der Waals surface area contributed by atoms with Crippen molar-refractivity contribution in [2.75, 3.05) is 13.2 Å². The van der Waals surface area contributed by atoms with Gasteiger partial charge in [0.2, 0.25) is 0 Å². The zero-order valence-corrected chi connectivity index (χ0v) is 9.03. The highest BCUT2D eigenvalue weighted by Gasteiger charge is 2.26. The Kier molecular flexibility index (Phi) is 3.82. The molecule has 3 N–H and O–H groups in total. The summed E-state index contributed by atoms with van der Waals surface area (Å²) in [6.07, 6.45) is 4.78. The highest BCUT2D eigenvalue weighted by Crippen LogP contribution is 2.29. The molecule has 1 fully saturated rings. The molecule has 0 aliphatic carbocycles. The molecule has 1 aromatic heterocycles. The Hall–Kier alpha value is -1.04. The lowest BCUT2D eigenvalue weighted by Crippen LogP contribution is -2.37. The highest BCUT2D eigenvalue weighted by molar-refractivity contribution is 5.18. The van der Waals surface area contributed by atoms with Gasteiger partial charge >= 0.3 is 0 Å². The summed E-state index contributed by atoms with van der Waals surface area (Å²) < 4.78 is 19.0. The van der Waals surface area contributed by atoms with Crippen LogP contribution in [0.15, 0.2) is 18.5 Å². The number of rotatable bonds is 3. The van der Waals surface area contributed by atoms with Gasteiger partial charge in [-0.15, -0.1) is 0 Å². The van der Waals surface area contributed by atoms with Crippen LogP contribution < -0.4 is 11.3 Å². The minimum atomic E-state index is -0.323. The molecule has 1 aliphatic rings. The number of hydrogen-bond acceptors (Lipinski definition) is 4. The molecule has 0 aromatic carbocycles. The van der Waals surface area contributed by atoms with E-state index < -0.39 is 0 Å². The van der Waals surface area contributed by atoms with Crippen molar-refractivity contribution in [3.63, 3.8) is 0 Å². The molecule has 0 amide bonds. The first-order valence-corrected chi connectivity index (χ1v) is 5.46. The minimum Gasteiger partial charge on any atom is -0.381 e. The van der Waals surface area contributed by atoms with Crippen LogP contribution in [0.1, 0.15) is 24.4 Å². The minimum absolute atomic E-state index is 0.205. The third-order valence-electron chi connectivity index (χ3n) is 2.99. The number of halogens is 1. The van der Waals surface area contributed by atoms with Crippen LogP contribution in [0.3, 0.4) is 0 Å². The Bertz CT molecular complexity index is 342. The lowest BCUT2D eigenvalue weighted by Gasteiger charge is -2.30. The molecule has 2 rings (SSSR count). The molecule has 1 aromatic rings. The Morgan fingerprint density at radius 3 is 3.12 bits per heavy atom. The van der Waals surface area contributed by atoms with Crippen molar-refractivity contribution in [3.05, 3.63) is 29.8 Å². The Morgan fingerprint density at radius 1 is 1.62 bits per heavy atom. The summed E-state index contributed by atoms with van der Waals surface area (Å²) in [6.45, 7) is 1.41. The summed E-state index contributed by atoms with van der Waals surface area (Å²) in [5.41, 5.74) is 3.24. The standard InChI is InChI=1S/C11H16FN3O/c12-10-6-14-4-3-9(10)11(15-13)8-2-1-5-16-7-8/h3-4,6,8,11,15H,1-2,5,7,13H2. The van der Waals surface area contributed by atoms with Gasteiger partial charge in [-0.25, -0.2) is 4.39 Å². The average molecular weight is 225 g/mol. The molecule has 0 radical (unpaired) electrons. The Morgan fingerprint density at radius 2 is 2.50 bits per heavy atom. The summed E-state index contributed by atoms with van der Waals surface area (Å²) in [6, 6.07) is 1.46. The quantitative estimate of drug-likeness (QED) is 0.598. The fourth-order valence-electron chi connectivity index (χ4n) is 2.15. The zero-order valence-electron chi connectivity index (χ0n) is 9.03. The molecule has 0 spiro atoms. The number of nitrogens with one attached hydrogen (secondary N) is 1. The van der Waals surface area contributed by atoms with E-state index in [0.29, 0.717) is 12.2 Å². The molecule has 0 bridgehead atoms. The number of ether oxygens (including phenoxy) is 1. The summed E-state index contributed by atoms with van der Waals surface area (Å²) in [4.78, 5) is 3.73. The van der Waals surface area contributed by atoms with E-state index in [2.05, 4.69) is 10.4 Å². The van der Waals surface area contributed by atoms with Gasteiger partial charge in [-0.05, 0) is 18.9 Å². The van der Waals surface area contributed by atoms with Gasteiger partial charge in [-0.2, -0.15) is 0 Å². The molecule has 2 unspecified atom stereocenters. The van der Waals surface area contributed by atoms with Crippen LogP contribution in [-0.2, 0) is 4.74 Å². The maximum atomic E-state index is 13.6. The number of hydrazine groups is 1. The molecule has 5 heteroatoms. The van der Waals surface area contributed by atoms with Crippen LogP contribution in [0.5, 0.6) is 0 Å². The van der Waals surface area contributed by atoms with Gasteiger partial charge in [0, 0.05) is 24.3 Å². The van der Waals surface area contributed by atoms with Gasteiger partial charge in [-0.3, -0.25) is 16.3 Å².